The van der Waals surface area contributed by atoms with E-state index in [4.69, 9.17) is 4.42 Å². The zero-order valence-electron chi connectivity index (χ0n) is 13.3. The van der Waals surface area contributed by atoms with Crippen LogP contribution in [0.1, 0.15) is 28.7 Å². The largest absolute Gasteiger partial charge is 0.463 e. The van der Waals surface area contributed by atoms with E-state index in [0.29, 0.717) is 22.7 Å². The van der Waals surface area contributed by atoms with Crippen molar-refractivity contribution >= 4 is 11.6 Å². The van der Waals surface area contributed by atoms with Crippen molar-refractivity contribution in [1.29, 1.82) is 0 Å². The van der Waals surface area contributed by atoms with E-state index < -0.39 is 0 Å². The van der Waals surface area contributed by atoms with Crippen LogP contribution in [0, 0.1) is 6.92 Å². The molecule has 0 atom stereocenters. The average molecular weight is 310 g/mol. The molecule has 0 unspecified atom stereocenters. The van der Waals surface area contributed by atoms with Gasteiger partial charge in [0, 0.05) is 13.2 Å². The van der Waals surface area contributed by atoms with Gasteiger partial charge in [-0.1, -0.05) is 6.92 Å². The number of rotatable bonds is 4. The first-order valence-corrected chi connectivity index (χ1v) is 7.44. The maximum Gasteiger partial charge on any atom is 0.257 e. The quantitative estimate of drug-likeness (QED) is 0.803. The molecule has 0 saturated heterocycles. The molecule has 0 aliphatic rings. The highest BCUT2D eigenvalue weighted by molar-refractivity contribution is 6.05. The van der Waals surface area contributed by atoms with Gasteiger partial charge in [0.15, 0.2) is 5.76 Å². The number of hydrogen-bond donors (Lipinski definition) is 1. The number of carbonyl (C=O) groups is 1. The molecule has 118 valence electrons. The lowest BCUT2D eigenvalue weighted by Crippen LogP contribution is -2.14. The molecule has 0 radical (unpaired) electrons. The third-order valence-corrected chi connectivity index (χ3v) is 3.59. The van der Waals surface area contributed by atoms with Crippen molar-refractivity contribution in [2.45, 2.75) is 20.3 Å². The van der Waals surface area contributed by atoms with Gasteiger partial charge in [-0.2, -0.15) is 5.10 Å². The SMILES string of the molecule is CCc1nn(C)cc1NC(=O)c1ccc(-c2ccco2)nc1C. The highest BCUT2D eigenvalue weighted by atomic mass is 16.3. The van der Waals surface area contributed by atoms with Crippen molar-refractivity contribution in [3.05, 3.63) is 53.7 Å². The fraction of sp³-hybridized carbons (Fsp3) is 0.235. The number of pyridine rings is 1. The smallest absolute Gasteiger partial charge is 0.257 e. The Morgan fingerprint density at radius 2 is 2.17 bits per heavy atom. The zero-order valence-corrected chi connectivity index (χ0v) is 13.3. The molecule has 1 amide bonds. The van der Waals surface area contributed by atoms with E-state index >= 15 is 0 Å². The Balaban J connectivity index is 1.85. The van der Waals surface area contributed by atoms with Gasteiger partial charge in [-0.25, -0.2) is 4.98 Å². The Hall–Kier alpha value is -2.89. The molecule has 0 bridgehead atoms. The highest BCUT2D eigenvalue weighted by Crippen LogP contribution is 2.21. The summed E-state index contributed by atoms with van der Waals surface area (Å²) in [7, 11) is 1.83. The first kappa shape index (κ1) is 15.0. The van der Waals surface area contributed by atoms with Gasteiger partial charge in [0.2, 0.25) is 0 Å². The summed E-state index contributed by atoms with van der Waals surface area (Å²) in [6.45, 7) is 3.81. The molecule has 0 saturated carbocycles. The van der Waals surface area contributed by atoms with Crippen molar-refractivity contribution in [2.24, 2.45) is 7.05 Å². The second-order valence-corrected chi connectivity index (χ2v) is 5.28. The van der Waals surface area contributed by atoms with Gasteiger partial charge in [-0.3, -0.25) is 9.48 Å². The number of nitrogens with one attached hydrogen (secondary N) is 1. The van der Waals surface area contributed by atoms with Crippen LogP contribution < -0.4 is 5.32 Å². The normalized spacial score (nSPS) is 10.7. The number of aryl methyl sites for hydroxylation is 3. The molecule has 0 aliphatic carbocycles. The van der Waals surface area contributed by atoms with Crippen LogP contribution in [-0.2, 0) is 13.5 Å². The van der Waals surface area contributed by atoms with E-state index in [-0.39, 0.29) is 5.91 Å². The number of carbonyl (C=O) groups excluding carboxylic acids is 1. The number of anilines is 1. The van der Waals surface area contributed by atoms with Crippen molar-refractivity contribution in [3.63, 3.8) is 0 Å². The fourth-order valence-electron chi connectivity index (χ4n) is 2.45. The summed E-state index contributed by atoms with van der Waals surface area (Å²) in [5, 5.41) is 7.23. The fourth-order valence-corrected chi connectivity index (χ4v) is 2.45. The van der Waals surface area contributed by atoms with E-state index in [1.807, 2.05) is 33.0 Å². The van der Waals surface area contributed by atoms with Crippen LogP contribution in [0.25, 0.3) is 11.5 Å². The van der Waals surface area contributed by atoms with Crippen LogP contribution in [0.4, 0.5) is 5.69 Å². The molecule has 3 aromatic heterocycles. The summed E-state index contributed by atoms with van der Waals surface area (Å²) < 4.78 is 7.02. The molecule has 3 heterocycles. The van der Waals surface area contributed by atoms with E-state index in [9.17, 15) is 4.79 Å². The lowest BCUT2D eigenvalue weighted by molar-refractivity contribution is 0.102. The number of hydrogen-bond acceptors (Lipinski definition) is 4. The molecule has 1 N–H and O–H groups in total. The lowest BCUT2D eigenvalue weighted by Gasteiger charge is -2.08. The van der Waals surface area contributed by atoms with Crippen molar-refractivity contribution in [2.75, 3.05) is 5.32 Å². The van der Waals surface area contributed by atoms with E-state index in [2.05, 4.69) is 15.4 Å². The summed E-state index contributed by atoms with van der Waals surface area (Å²) >= 11 is 0. The van der Waals surface area contributed by atoms with Gasteiger partial charge < -0.3 is 9.73 Å². The second kappa shape index (κ2) is 6.08. The monoisotopic (exact) mass is 310 g/mol. The number of aromatic nitrogens is 3. The molecule has 3 aromatic rings. The molecule has 0 aromatic carbocycles. The topological polar surface area (TPSA) is 73.0 Å². The van der Waals surface area contributed by atoms with Gasteiger partial charge >= 0.3 is 0 Å². The summed E-state index contributed by atoms with van der Waals surface area (Å²) in [4.78, 5) is 16.9. The predicted octanol–water partition coefficient (Wildman–Crippen LogP) is 3.20. The third kappa shape index (κ3) is 3.01. The van der Waals surface area contributed by atoms with Crippen LogP contribution in [-0.4, -0.2) is 20.7 Å². The summed E-state index contributed by atoms with van der Waals surface area (Å²) in [6, 6.07) is 7.19. The number of amides is 1. The van der Waals surface area contributed by atoms with Crippen LogP contribution >= 0.6 is 0 Å². The molecule has 3 rings (SSSR count). The molecule has 6 nitrogen and oxygen atoms in total. The van der Waals surface area contributed by atoms with Crippen LogP contribution in [0.2, 0.25) is 0 Å². The van der Waals surface area contributed by atoms with Gasteiger partial charge in [-0.15, -0.1) is 0 Å². The Kier molecular flexibility index (Phi) is 3.97. The number of furan rings is 1. The second-order valence-electron chi connectivity index (χ2n) is 5.28. The van der Waals surface area contributed by atoms with E-state index in [1.54, 1.807) is 29.3 Å². The minimum absolute atomic E-state index is 0.191. The standard InChI is InChI=1S/C17H18N4O2/c1-4-13-15(10-21(3)20-13)19-17(22)12-7-8-14(18-11(12)2)16-6-5-9-23-16/h5-10H,4H2,1-3H3,(H,19,22). The van der Waals surface area contributed by atoms with Gasteiger partial charge in [0.25, 0.3) is 5.91 Å². The van der Waals surface area contributed by atoms with Gasteiger partial charge in [0.1, 0.15) is 5.69 Å². The third-order valence-electron chi connectivity index (χ3n) is 3.59. The summed E-state index contributed by atoms with van der Waals surface area (Å²) in [6.07, 6.45) is 4.16. The maximum absolute atomic E-state index is 12.5. The average Bonchev–Trinajstić information content (AvgIpc) is 3.16. The molecular weight excluding hydrogens is 292 g/mol. The van der Waals surface area contributed by atoms with Crippen LogP contribution in [0.3, 0.4) is 0 Å². The van der Waals surface area contributed by atoms with Crippen molar-refractivity contribution in [1.82, 2.24) is 14.8 Å². The molecular formula is C17H18N4O2. The summed E-state index contributed by atoms with van der Waals surface area (Å²) in [5.74, 6) is 0.490. The first-order chi connectivity index (χ1) is 11.1. The summed E-state index contributed by atoms with van der Waals surface area (Å²) in [5.41, 5.74) is 3.48. The molecule has 6 heteroatoms. The molecule has 0 aliphatic heterocycles. The van der Waals surface area contributed by atoms with Crippen molar-refractivity contribution in [3.8, 4) is 11.5 Å². The molecule has 0 fully saturated rings. The number of nitrogens with zero attached hydrogens (tertiary/aromatic N) is 3. The first-order valence-electron chi connectivity index (χ1n) is 7.44. The van der Waals surface area contributed by atoms with Crippen LogP contribution in [0.5, 0.6) is 0 Å². The Bertz CT molecular complexity index is 834. The highest BCUT2D eigenvalue weighted by Gasteiger charge is 2.15. The Morgan fingerprint density at radius 1 is 1.35 bits per heavy atom. The maximum atomic E-state index is 12.5. The van der Waals surface area contributed by atoms with E-state index in [1.165, 1.54) is 0 Å². The Morgan fingerprint density at radius 3 is 2.83 bits per heavy atom. The van der Waals surface area contributed by atoms with E-state index in [0.717, 1.165) is 17.8 Å². The minimum Gasteiger partial charge on any atom is -0.463 e. The zero-order chi connectivity index (χ0) is 16.4. The van der Waals surface area contributed by atoms with Gasteiger partial charge in [0.05, 0.1) is 28.9 Å². The molecule has 23 heavy (non-hydrogen) atoms. The van der Waals surface area contributed by atoms with Crippen LogP contribution in [0.15, 0.2) is 41.1 Å². The predicted molar refractivity (Wildman–Crippen MR) is 87.2 cm³/mol. The Labute approximate surface area is 134 Å². The van der Waals surface area contributed by atoms with Crippen molar-refractivity contribution < 1.29 is 9.21 Å². The minimum atomic E-state index is -0.191. The molecule has 0 spiro atoms. The lowest BCUT2D eigenvalue weighted by atomic mass is 10.1. The van der Waals surface area contributed by atoms with Gasteiger partial charge in [-0.05, 0) is 37.6 Å².